The fourth-order valence-corrected chi connectivity index (χ4v) is 2.39. The number of hydrogen-bond acceptors (Lipinski definition) is 3. The summed E-state index contributed by atoms with van der Waals surface area (Å²) in [4.78, 5) is 16.3. The van der Waals surface area contributed by atoms with Crippen molar-refractivity contribution in [2.45, 2.75) is 34.1 Å². The molecule has 0 unspecified atom stereocenters. The fraction of sp³-hybridized carbons (Fsp3) is 0.600. The van der Waals surface area contributed by atoms with Gasteiger partial charge in [0.25, 0.3) is 0 Å². The van der Waals surface area contributed by atoms with Crippen molar-refractivity contribution in [2.75, 3.05) is 0 Å². The quantitative estimate of drug-likeness (QED) is 0.697. The van der Waals surface area contributed by atoms with Gasteiger partial charge in [-0.25, -0.2) is 4.98 Å². The molecule has 1 aromatic rings. The first-order valence-electron chi connectivity index (χ1n) is 4.48. The van der Waals surface area contributed by atoms with Crippen LogP contribution in [0, 0.1) is 12.8 Å². The summed E-state index contributed by atoms with van der Waals surface area (Å²) in [6.07, 6.45) is 0.971. The number of thiazole rings is 1. The molecule has 0 aliphatic carbocycles. The Hall–Kier alpha value is -0.700. The number of aromatic nitrogens is 1. The molecule has 0 aliphatic rings. The lowest BCUT2D eigenvalue weighted by atomic mass is 10.1. The van der Waals surface area contributed by atoms with E-state index < -0.39 is 0 Å². The van der Waals surface area contributed by atoms with Crippen LogP contribution in [0.15, 0.2) is 0 Å². The molecule has 1 rings (SSSR count). The van der Waals surface area contributed by atoms with Crippen molar-refractivity contribution >= 4 is 17.1 Å². The number of carbonyl (C=O) groups excluding carboxylic acids is 1. The topological polar surface area (TPSA) is 30.0 Å². The highest BCUT2D eigenvalue weighted by atomic mass is 32.1. The maximum absolute atomic E-state index is 11.1. The third-order valence-electron chi connectivity index (χ3n) is 1.74. The molecule has 0 aliphatic heterocycles. The number of aryl methyl sites for hydroxylation is 1. The van der Waals surface area contributed by atoms with E-state index in [4.69, 9.17) is 0 Å². The zero-order chi connectivity index (χ0) is 10.0. The van der Waals surface area contributed by atoms with Gasteiger partial charge in [0.2, 0.25) is 0 Å². The van der Waals surface area contributed by atoms with Crippen molar-refractivity contribution in [3.05, 3.63) is 15.6 Å². The Morgan fingerprint density at radius 2 is 2.15 bits per heavy atom. The highest BCUT2D eigenvalue weighted by Gasteiger charge is 2.11. The van der Waals surface area contributed by atoms with E-state index in [9.17, 15) is 4.79 Å². The lowest BCUT2D eigenvalue weighted by Gasteiger charge is -1.97. The van der Waals surface area contributed by atoms with Gasteiger partial charge in [0.05, 0.1) is 15.6 Å². The van der Waals surface area contributed by atoms with Crippen LogP contribution in [0.4, 0.5) is 0 Å². The van der Waals surface area contributed by atoms with Crippen LogP contribution in [0.1, 0.15) is 41.1 Å². The third-order valence-corrected chi connectivity index (χ3v) is 3.02. The standard InChI is InChI=1S/C10H15NOS/c1-6(2)5-9-11-7(3)10(13-9)8(4)12/h6H,5H2,1-4H3. The molecule has 0 radical (unpaired) electrons. The second-order valence-electron chi connectivity index (χ2n) is 3.68. The van der Waals surface area contributed by atoms with Gasteiger partial charge in [-0.1, -0.05) is 13.8 Å². The predicted octanol–water partition coefficient (Wildman–Crippen LogP) is 2.85. The summed E-state index contributed by atoms with van der Waals surface area (Å²) in [6, 6.07) is 0. The van der Waals surface area contributed by atoms with Crippen molar-refractivity contribution in [1.29, 1.82) is 0 Å². The Bertz CT molecular complexity index is 315. The SMILES string of the molecule is CC(=O)c1sc(CC(C)C)nc1C. The normalized spacial score (nSPS) is 10.8. The Labute approximate surface area is 83.0 Å². The van der Waals surface area contributed by atoms with E-state index in [0.717, 1.165) is 22.0 Å². The van der Waals surface area contributed by atoms with E-state index >= 15 is 0 Å². The number of nitrogens with zero attached hydrogens (tertiary/aromatic N) is 1. The van der Waals surface area contributed by atoms with Gasteiger partial charge in [-0.15, -0.1) is 11.3 Å². The zero-order valence-corrected chi connectivity index (χ0v) is 9.36. The highest BCUT2D eigenvalue weighted by molar-refractivity contribution is 7.13. The summed E-state index contributed by atoms with van der Waals surface area (Å²) < 4.78 is 0. The van der Waals surface area contributed by atoms with E-state index in [1.165, 1.54) is 11.3 Å². The summed E-state index contributed by atoms with van der Waals surface area (Å²) in [7, 11) is 0. The molecule has 1 heterocycles. The lowest BCUT2D eigenvalue weighted by Crippen LogP contribution is -1.92. The molecule has 3 heteroatoms. The van der Waals surface area contributed by atoms with Crippen molar-refractivity contribution < 1.29 is 4.79 Å². The Morgan fingerprint density at radius 1 is 1.54 bits per heavy atom. The molecule has 0 bridgehead atoms. The van der Waals surface area contributed by atoms with Crippen LogP contribution in [-0.2, 0) is 6.42 Å². The maximum Gasteiger partial charge on any atom is 0.171 e. The van der Waals surface area contributed by atoms with Crippen molar-refractivity contribution in [3.8, 4) is 0 Å². The molecule has 0 saturated carbocycles. The summed E-state index contributed by atoms with van der Waals surface area (Å²) in [5.41, 5.74) is 0.883. The highest BCUT2D eigenvalue weighted by Crippen LogP contribution is 2.20. The molecule has 0 fully saturated rings. The molecule has 0 atom stereocenters. The molecular weight excluding hydrogens is 182 g/mol. The average Bonchev–Trinajstić information content (AvgIpc) is 2.29. The molecule has 0 amide bonds. The summed E-state index contributed by atoms with van der Waals surface area (Å²) in [5.74, 6) is 0.732. The zero-order valence-electron chi connectivity index (χ0n) is 8.55. The van der Waals surface area contributed by atoms with E-state index in [1.54, 1.807) is 6.92 Å². The number of ketones is 1. The Balaban J connectivity index is 2.89. The average molecular weight is 197 g/mol. The summed E-state index contributed by atoms with van der Waals surface area (Å²) in [6.45, 7) is 7.81. The first-order chi connectivity index (χ1) is 6.00. The van der Waals surface area contributed by atoms with Crippen LogP contribution in [0.2, 0.25) is 0 Å². The minimum atomic E-state index is 0.130. The van der Waals surface area contributed by atoms with Gasteiger partial charge in [0, 0.05) is 13.3 Å². The predicted molar refractivity (Wildman–Crippen MR) is 55.4 cm³/mol. The van der Waals surface area contributed by atoms with Crippen molar-refractivity contribution in [2.24, 2.45) is 5.92 Å². The van der Waals surface area contributed by atoms with Gasteiger partial charge in [-0.3, -0.25) is 4.79 Å². The molecule has 0 N–H and O–H groups in total. The van der Waals surface area contributed by atoms with Gasteiger partial charge in [0.1, 0.15) is 0 Å². The second kappa shape index (κ2) is 4.01. The lowest BCUT2D eigenvalue weighted by molar-refractivity contribution is 0.102. The molecule has 0 spiro atoms. The van der Waals surface area contributed by atoms with Gasteiger partial charge < -0.3 is 0 Å². The summed E-state index contributed by atoms with van der Waals surface area (Å²) >= 11 is 1.54. The Morgan fingerprint density at radius 3 is 2.54 bits per heavy atom. The first-order valence-corrected chi connectivity index (χ1v) is 5.29. The van der Waals surface area contributed by atoms with Crippen LogP contribution in [0.25, 0.3) is 0 Å². The van der Waals surface area contributed by atoms with E-state index in [0.29, 0.717) is 5.92 Å². The minimum Gasteiger partial charge on any atom is -0.294 e. The van der Waals surface area contributed by atoms with Crippen LogP contribution in [0.3, 0.4) is 0 Å². The number of Topliss-reactive ketones (excluding diaryl/α,β-unsaturated/α-hetero) is 1. The smallest absolute Gasteiger partial charge is 0.171 e. The fourth-order valence-electron chi connectivity index (χ4n) is 1.22. The van der Waals surface area contributed by atoms with Crippen LogP contribution in [-0.4, -0.2) is 10.8 Å². The first kappa shape index (κ1) is 10.4. The van der Waals surface area contributed by atoms with E-state index in [2.05, 4.69) is 18.8 Å². The van der Waals surface area contributed by atoms with Gasteiger partial charge in [-0.2, -0.15) is 0 Å². The maximum atomic E-state index is 11.1. The molecule has 0 aromatic carbocycles. The van der Waals surface area contributed by atoms with Crippen LogP contribution in [0.5, 0.6) is 0 Å². The molecule has 13 heavy (non-hydrogen) atoms. The number of carbonyl (C=O) groups is 1. The Kier molecular flexibility index (Phi) is 3.20. The summed E-state index contributed by atoms with van der Waals surface area (Å²) in [5, 5.41) is 1.08. The minimum absolute atomic E-state index is 0.130. The molecule has 72 valence electrons. The number of hydrogen-bond donors (Lipinski definition) is 0. The largest absolute Gasteiger partial charge is 0.294 e. The van der Waals surface area contributed by atoms with Gasteiger partial charge >= 0.3 is 0 Å². The van der Waals surface area contributed by atoms with Crippen LogP contribution < -0.4 is 0 Å². The van der Waals surface area contributed by atoms with E-state index in [-0.39, 0.29) is 5.78 Å². The van der Waals surface area contributed by atoms with Crippen LogP contribution >= 0.6 is 11.3 Å². The van der Waals surface area contributed by atoms with Crippen molar-refractivity contribution in [1.82, 2.24) is 4.98 Å². The van der Waals surface area contributed by atoms with Gasteiger partial charge in [-0.05, 0) is 12.8 Å². The molecule has 2 nitrogen and oxygen atoms in total. The second-order valence-corrected chi connectivity index (χ2v) is 4.76. The monoisotopic (exact) mass is 197 g/mol. The molecular formula is C10H15NOS. The van der Waals surface area contributed by atoms with Crippen molar-refractivity contribution in [3.63, 3.8) is 0 Å². The van der Waals surface area contributed by atoms with Gasteiger partial charge in [0.15, 0.2) is 5.78 Å². The third kappa shape index (κ3) is 2.62. The van der Waals surface area contributed by atoms with E-state index in [1.807, 2.05) is 6.92 Å². The molecule has 0 saturated heterocycles. The molecule has 1 aromatic heterocycles. The number of rotatable bonds is 3.